The molecule has 0 bridgehead atoms. The van der Waals surface area contributed by atoms with Gasteiger partial charge in [-0.05, 0) is 31.9 Å². The number of ether oxygens (including phenoxy) is 1. The molecule has 0 unspecified atom stereocenters. The van der Waals surface area contributed by atoms with Gasteiger partial charge in [0.15, 0.2) is 0 Å². The van der Waals surface area contributed by atoms with E-state index in [2.05, 4.69) is 35.3 Å². The topological polar surface area (TPSA) is 34.5 Å². The predicted octanol–water partition coefficient (Wildman–Crippen LogP) is 4.29. The van der Waals surface area contributed by atoms with Crippen LogP contribution in [0.25, 0.3) is 17.2 Å². The molecule has 0 amide bonds. The Morgan fingerprint density at radius 1 is 1.17 bits per heavy atom. The van der Waals surface area contributed by atoms with Crippen molar-refractivity contribution in [2.75, 3.05) is 11.4 Å². The van der Waals surface area contributed by atoms with Crippen LogP contribution in [0.4, 0.5) is 10.5 Å². The normalized spacial score (nSPS) is 15.2. The van der Waals surface area contributed by atoms with Gasteiger partial charge in [0.25, 0.3) is 0 Å². The van der Waals surface area contributed by atoms with E-state index in [0.29, 0.717) is 0 Å². The van der Waals surface area contributed by atoms with Crippen LogP contribution in [0.5, 0.6) is 0 Å². The predicted molar refractivity (Wildman–Crippen MR) is 91.6 cm³/mol. The molecule has 2 aromatic rings. The SMILES string of the molecule is CC(C)(C)OC(=O)n1cc2c(c1)-c1cccc3c1N(CC=C3)C2. The van der Waals surface area contributed by atoms with E-state index in [1.807, 2.05) is 33.2 Å². The van der Waals surface area contributed by atoms with Gasteiger partial charge in [-0.3, -0.25) is 4.57 Å². The van der Waals surface area contributed by atoms with Gasteiger partial charge >= 0.3 is 6.09 Å². The molecule has 3 heterocycles. The first-order valence-electron chi connectivity index (χ1n) is 7.91. The highest BCUT2D eigenvalue weighted by atomic mass is 16.6. The van der Waals surface area contributed by atoms with Gasteiger partial charge in [0.05, 0.1) is 5.69 Å². The number of hydrogen-bond donors (Lipinski definition) is 0. The maximum absolute atomic E-state index is 12.3. The van der Waals surface area contributed by atoms with Gasteiger partial charge in [-0.1, -0.05) is 30.4 Å². The van der Waals surface area contributed by atoms with Gasteiger partial charge in [0.2, 0.25) is 0 Å². The minimum Gasteiger partial charge on any atom is -0.443 e. The second-order valence-electron chi connectivity index (χ2n) is 7.11. The summed E-state index contributed by atoms with van der Waals surface area (Å²) in [6, 6.07) is 6.34. The molecule has 118 valence electrons. The number of hydrogen-bond acceptors (Lipinski definition) is 3. The number of aromatic nitrogens is 1. The van der Waals surface area contributed by atoms with Crippen LogP contribution in [-0.4, -0.2) is 22.8 Å². The van der Waals surface area contributed by atoms with Crippen LogP contribution in [-0.2, 0) is 11.3 Å². The lowest BCUT2D eigenvalue weighted by Crippen LogP contribution is -2.28. The highest BCUT2D eigenvalue weighted by Crippen LogP contribution is 2.43. The first-order valence-corrected chi connectivity index (χ1v) is 7.91. The molecular formula is C19H20N2O2. The van der Waals surface area contributed by atoms with E-state index in [-0.39, 0.29) is 6.09 Å². The maximum Gasteiger partial charge on any atom is 0.418 e. The molecule has 0 spiro atoms. The quantitative estimate of drug-likeness (QED) is 0.728. The van der Waals surface area contributed by atoms with Crippen LogP contribution in [0.15, 0.2) is 36.7 Å². The molecule has 1 aromatic carbocycles. The zero-order chi connectivity index (χ0) is 16.2. The van der Waals surface area contributed by atoms with Crippen molar-refractivity contribution in [3.8, 4) is 11.1 Å². The number of carbonyl (C=O) groups excluding carboxylic acids is 1. The highest BCUT2D eigenvalue weighted by molar-refractivity contribution is 5.91. The molecule has 0 saturated heterocycles. The van der Waals surface area contributed by atoms with E-state index in [0.717, 1.165) is 24.2 Å². The fourth-order valence-corrected chi connectivity index (χ4v) is 3.30. The monoisotopic (exact) mass is 308 g/mol. The summed E-state index contributed by atoms with van der Waals surface area (Å²) in [6.07, 6.45) is 7.82. The molecule has 2 aliphatic heterocycles. The number of anilines is 1. The molecule has 23 heavy (non-hydrogen) atoms. The Kier molecular flexibility index (Phi) is 2.92. The van der Waals surface area contributed by atoms with Crippen LogP contribution in [0.1, 0.15) is 31.9 Å². The smallest absolute Gasteiger partial charge is 0.418 e. The molecule has 0 aliphatic carbocycles. The number of rotatable bonds is 0. The summed E-state index contributed by atoms with van der Waals surface area (Å²) in [5.41, 5.74) is 5.49. The summed E-state index contributed by atoms with van der Waals surface area (Å²) in [7, 11) is 0. The summed E-state index contributed by atoms with van der Waals surface area (Å²) < 4.78 is 7.05. The third-order valence-corrected chi connectivity index (χ3v) is 4.17. The third kappa shape index (κ3) is 2.34. The molecule has 4 nitrogen and oxygen atoms in total. The van der Waals surface area contributed by atoms with Gasteiger partial charge < -0.3 is 9.64 Å². The summed E-state index contributed by atoms with van der Waals surface area (Å²) in [6.45, 7) is 7.36. The van der Waals surface area contributed by atoms with E-state index in [9.17, 15) is 4.79 Å². The maximum atomic E-state index is 12.3. The number of benzene rings is 1. The van der Waals surface area contributed by atoms with E-state index in [1.165, 1.54) is 16.8 Å². The highest BCUT2D eigenvalue weighted by Gasteiger charge is 2.28. The summed E-state index contributed by atoms with van der Waals surface area (Å²) in [5, 5.41) is 0. The molecular weight excluding hydrogens is 288 g/mol. The van der Waals surface area contributed by atoms with Crippen molar-refractivity contribution in [3.05, 3.63) is 47.8 Å². The van der Waals surface area contributed by atoms with E-state index < -0.39 is 5.60 Å². The molecule has 1 aromatic heterocycles. The van der Waals surface area contributed by atoms with Gasteiger partial charge in [-0.15, -0.1) is 0 Å². The average Bonchev–Trinajstić information content (AvgIpc) is 2.90. The standard InChI is InChI=1S/C19H20N2O2/c1-19(2,3)23-18(22)21-11-14-10-20-9-5-7-13-6-4-8-15(17(13)20)16(14)12-21/h4-8,11-12H,9-10H2,1-3H3. The molecule has 0 atom stereocenters. The van der Waals surface area contributed by atoms with Crippen molar-refractivity contribution < 1.29 is 9.53 Å². The molecule has 0 radical (unpaired) electrons. The van der Waals surface area contributed by atoms with Crippen molar-refractivity contribution in [1.29, 1.82) is 0 Å². The Hall–Kier alpha value is -2.49. The summed E-state index contributed by atoms with van der Waals surface area (Å²) >= 11 is 0. The minimum absolute atomic E-state index is 0.329. The molecule has 4 heteroatoms. The number of carbonyl (C=O) groups is 1. The van der Waals surface area contributed by atoms with Crippen molar-refractivity contribution in [1.82, 2.24) is 4.57 Å². The van der Waals surface area contributed by atoms with E-state index in [1.54, 1.807) is 4.57 Å². The van der Waals surface area contributed by atoms with E-state index in [4.69, 9.17) is 4.74 Å². The molecule has 0 fully saturated rings. The Labute approximate surface area is 136 Å². The van der Waals surface area contributed by atoms with Gasteiger partial charge in [-0.25, -0.2) is 4.79 Å². The van der Waals surface area contributed by atoms with Crippen LogP contribution in [0.3, 0.4) is 0 Å². The van der Waals surface area contributed by atoms with Crippen LogP contribution < -0.4 is 4.90 Å². The Morgan fingerprint density at radius 2 is 2.00 bits per heavy atom. The fourth-order valence-electron chi connectivity index (χ4n) is 3.30. The summed E-state index contributed by atoms with van der Waals surface area (Å²) in [5.74, 6) is 0. The first-order chi connectivity index (χ1) is 10.9. The average molecular weight is 308 g/mol. The lowest BCUT2D eigenvalue weighted by atomic mass is 9.92. The Bertz CT molecular complexity index is 824. The molecule has 0 N–H and O–H groups in total. The van der Waals surface area contributed by atoms with Crippen LogP contribution >= 0.6 is 0 Å². The third-order valence-electron chi connectivity index (χ3n) is 4.17. The van der Waals surface area contributed by atoms with Crippen LogP contribution in [0, 0.1) is 0 Å². The Morgan fingerprint density at radius 3 is 2.78 bits per heavy atom. The van der Waals surface area contributed by atoms with Gasteiger partial charge in [0.1, 0.15) is 5.60 Å². The lowest BCUT2D eigenvalue weighted by molar-refractivity contribution is 0.0537. The number of fused-ring (bicyclic) bond motifs is 2. The number of nitrogens with zero attached hydrogens (tertiary/aromatic N) is 2. The number of para-hydroxylation sites is 1. The first kappa shape index (κ1) is 14.1. The van der Waals surface area contributed by atoms with Crippen molar-refractivity contribution in [2.24, 2.45) is 0 Å². The zero-order valence-corrected chi connectivity index (χ0v) is 13.7. The zero-order valence-electron chi connectivity index (χ0n) is 13.7. The van der Waals surface area contributed by atoms with Gasteiger partial charge in [-0.2, -0.15) is 0 Å². The minimum atomic E-state index is -0.494. The molecule has 4 rings (SSSR count). The lowest BCUT2D eigenvalue weighted by Gasteiger charge is -2.34. The fraction of sp³-hybridized carbons (Fsp3) is 0.316. The van der Waals surface area contributed by atoms with Gasteiger partial charge in [0, 0.05) is 36.6 Å². The largest absolute Gasteiger partial charge is 0.443 e. The van der Waals surface area contributed by atoms with Crippen molar-refractivity contribution in [2.45, 2.75) is 32.9 Å². The van der Waals surface area contributed by atoms with Crippen LogP contribution in [0.2, 0.25) is 0 Å². The second kappa shape index (κ2) is 4.75. The second-order valence-corrected chi connectivity index (χ2v) is 7.11. The summed E-state index contributed by atoms with van der Waals surface area (Å²) in [4.78, 5) is 14.7. The molecule has 2 aliphatic rings. The van der Waals surface area contributed by atoms with Crippen molar-refractivity contribution >= 4 is 17.9 Å². The molecule has 0 saturated carbocycles. The Balaban J connectivity index is 1.78. The van der Waals surface area contributed by atoms with Crippen molar-refractivity contribution in [3.63, 3.8) is 0 Å². The van der Waals surface area contributed by atoms with E-state index >= 15 is 0 Å².